The molecule has 21 heavy (non-hydrogen) atoms. The minimum atomic E-state index is -0.296. The number of nitrogens with two attached hydrogens (primary N) is 1. The van der Waals surface area contributed by atoms with Crippen molar-refractivity contribution in [1.29, 1.82) is 5.26 Å². The molecule has 1 aromatic heterocycles. The highest BCUT2D eigenvalue weighted by Crippen LogP contribution is 2.17. The maximum absolute atomic E-state index is 12.3. The standard InChI is InChI=1S/C16H17N3O2/c17-8-10-21-11-9-19-15(13-4-2-1-3-5-13)7-6-14(12-18)16(19)20/h1-7H,8-11,17H2. The van der Waals surface area contributed by atoms with Crippen molar-refractivity contribution in [3.05, 3.63) is 58.4 Å². The monoisotopic (exact) mass is 283 g/mol. The number of rotatable bonds is 6. The van der Waals surface area contributed by atoms with Crippen molar-refractivity contribution in [2.24, 2.45) is 5.73 Å². The fourth-order valence-electron chi connectivity index (χ4n) is 2.09. The van der Waals surface area contributed by atoms with Gasteiger partial charge in [-0.05, 0) is 17.7 Å². The summed E-state index contributed by atoms with van der Waals surface area (Å²) in [5.74, 6) is 0. The van der Waals surface area contributed by atoms with E-state index in [0.717, 1.165) is 11.3 Å². The lowest BCUT2D eigenvalue weighted by Crippen LogP contribution is -2.26. The number of ether oxygens (including phenoxy) is 1. The summed E-state index contributed by atoms with van der Waals surface area (Å²) in [4.78, 5) is 12.3. The molecule has 0 saturated carbocycles. The second kappa shape index (κ2) is 7.39. The van der Waals surface area contributed by atoms with Gasteiger partial charge < -0.3 is 15.0 Å². The molecule has 0 saturated heterocycles. The summed E-state index contributed by atoms with van der Waals surface area (Å²) in [6, 6.07) is 14.9. The Balaban J connectivity index is 2.38. The lowest BCUT2D eigenvalue weighted by atomic mass is 10.1. The molecule has 0 aliphatic heterocycles. The van der Waals surface area contributed by atoms with E-state index in [9.17, 15) is 4.79 Å². The Labute approximate surface area is 123 Å². The van der Waals surface area contributed by atoms with E-state index in [0.29, 0.717) is 26.3 Å². The molecule has 0 radical (unpaired) electrons. The van der Waals surface area contributed by atoms with E-state index in [4.69, 9.17) is 15.7 Å². The van der Waals surface area contributed by atoms with Crippen molar-refractivity contribution in [2.75, 3.05) is 19.8 Å². The van der Waals surface area contributed by atoms with Crippen molar-refractivity contribution < 1.29 is 4.74 Å². The predicted octanol–water partition coefficient (Wildman–Crippen LogP) is 1.36. The first-order valence-electron chi connectivity index (χ1n) is 6.75. The zero-order valence-electron chi connectivity index (χ0n) is 11.7. The second-order valence-electron chi connectivity index (χ2n) is 4.47. The maximum Gasteiger partial charge on any atom is 0.269 e. The van der Waals surface area contributed by atoms with E-state index in [1.807, 2.05) is 36.4 Å². The third-order valence-electron chi connectivity index (χ3n) is 3.09. The molecule has 2 rings (SSSR count). The van der Waals surface area contributed by atoms with Crippen LogP contribution in [0.15, 0.2) is 47.3 Å². The van der Waals surface area contributed by atoms with Crippen LogP contribution in [-0.2, 0) is 11.3 Å². The summed E-state index contributed by atoms with van der Waals surface area (Å²) in [6.07, 6.45) is 0. The zero-order valence-corrected chi connectivity index (χ0v) is 11.7. The summed E-state index contributed by atoms with van der Waals surface area (Å²) < 4.78 is 6.91. The highest BCUT2D eigenvalue weighted by molar-refractivity contribution is 5.60. The van der Waals surface area contributed by atoms with Gasteiger partial charge in [0.25, 0.3) is 5.56 Å². The van der Waals surface area contributed by atoms with Gasteiger partial charge in [0.1, 0.15) is 11.6 Å². The quantitative estimate of drug-likeness (QED) is 0.812. The molecule has 0 aliphatic rings. The molecule has 2 N–H and O–H groups in total. The van der Waals surface area contributed by atoms with Gasteiger partial charge in [-0.1, -0.05) is 30.3 Å². The molecule has 0 bridgehead atoms. The molecule has 108 valence electrons. The number of pyridine rings is 1. The first kappa shape index (κ1) is 15.0. The van der Waals surface area contributed by atoms with Crippen LogP contribution in [-0.4, -0.2) is 24.3 Å². The van der Waals surface area contributed by atoms with E-state index < -0.39 is 0 Å². The fraction of sp³-hybridized carbons (Fsp3) is 0.250. The Morgan fingerprint density at radius 2 is 1.90 bits per heavy atom. The van der Waals surface area contributed by atoms with Gasteiger partial charge in [0, 0.05) is 13.1 Å². The lowest BCUT2D eigenvalue weighted by molar-refractivity contribution is 0.133. The Bertz CT molecular complexity index is 687. The van der Waals surface area contributed by atoms with Crippen LogP contribution < -0.4 is 11.3 Å². The Hall–Kier alpha value is -2.42. The molecule has 0 aliphatic carbocycles. The average molecular weight is 283 g/mol. The molecule has 2 aromatic rings. The molecule has 0 unspecified atom stereocenters. The zero-order chi connectivity index (χ0) is 15.1. The third kappa shape index (κ3) is 3.57. The minimum absolute atomic E-state index is 0.133. The summed E-state index contributed by atoms with van der Waals surface area (Å²) in [6.45, 7) is 1.66. The van der Waals surface area contributed by atoms with Crippen LogP contribution in [0.5, 0.6) is 0 Å². The molecule has 1 aromatic carbocycles. The molecular weight excluding hydrogens is 266 g/mol. The van der Waals surface area contributed by atoms with Crippen molar-refractivity contribution in [2.45, 2.75) is 6.54 Å². The molecule has 1 heterocycles. The summed E-state index contributed by atoms with van der Waals surface area (Å²) >= 11 is 0. The van der Waals surface area contributed by atoms with Crippen LogP contribution in [0.25, 0.3) is 11.3 Å². The van der Waals surface area contributed by atoms with Gasteiger partial charge in [-0.15, -0.1) is 0 Å². The number of nitriles is 1. The minimum Gasteiger partial charge on any atom is -0.378 e. The van der Waals surface area contributed by atoms with Crippen molar-refractivity contribution in [3.63, 3.8) is 0 Å². The molecule has 5 heteroatoms. The topological polar surface area (TPSA) is 81.0 Å². The van der Waals surface area contributed by atoms with Crippen molar-refractivity contribution in [1.82, 2.24) is 4.57 Å². The Morgan fingerprint density at radius 3 is 2.57 bits per heavy atom. The van der Waals surface area contributed by atoms with E-state index in [1.54, 1.807) is 16.7 Å². The Morgan fingerprint density at radius 1 is 1.14 bits per heavy atom. The van der Waals surface area contributed by atoms with Gasteiger partial charge >= 0.3 is 0 Å². The van der Waals surface area contributed by atoms with Crippen LogP contribution in [0.1, 0.15) is 5.56 Å². The van der Waals surface area contributed by atoms with Gasteiger partial charge in [-0.25, -0.2) is 0 Å². The van der Waals surface area contributed by atoms with Crippen LogP contribution in [0, 0.1) is 11.3 Å². The third-order valence-corrected chi connectivity index (χ3v) is 3.09. The molecule has 0 atom stereocenters. The first-order chi connectivity index (χ1) is 10.3. The van der Waals surface area contributed by atoms with E-state index >= 15 is 0 Å². The fourth-order valence-corrected chi connectivity index (χ4v) is 2.09. The van der Waals surface area contributed by atoms with Crippen molar-refractivity contribution >= 4 is 0 Å². The number of benzene rings is 1. The van der Waals surface area contributed by atoms with Gasteiger partial charge in [0.2, 0.25) is 0 Å². The van der Waals surface area contributed by atoms with Crippen molar-refractivity contribution in [3.8, 4) is 17.3 Å². The van der Waals surface area contributed by atoms with Gasteiger partial charge in [0.05, 0.1) is 18.9 Å². The SMILES string of the molecule is N#Cc1ccc(-c2ccccc2)n(CCOCCN)c1=O. The predicted molar refractivity (Wildman–Crippen MR) is 80.7 cm³/mol. The molecular formula is C16H17N3O2. The highest BCUT2D eigenvalue weighted by Gasteiger charge is 2.10. The number of nitrogens with zero attached hydrogens (tertiary/aromatic N) is 2. The number of aromatic nitrogens is 1. The summed E-state index contributed by atoms with van der Waals surface area (Å²) in [5.41, 5.74) is 6.91. The van der Waals surface area contributed by atoms with Crippen LogP contribution >= 0.6 is 0 Å². The van der Waals surface area contributed by atoms with E-state index in [2.05, 4.69) is 0 Å². The smallest absolute Gasteiger partial charge is 0.269 e. The number of hydrogen-bond acceptors (Lipinski definition) is 4. The molecule has 0 spiro atoms. The molecule has 0 amide bonds. The lowest BCUT2D eigenvalue weighted by Gasteiger charge is -2.13. The van der Waals surface area contributed by atoms with Gasteiger partial charge in [0.15, 0.2) is 0 Å². The van der Waals surface area contributed by atoms with E-state index in [-0.39, 0.29) is 11.1 Å². The Kier molecular flexibility index (Phi) is 5.27. The second-order valence-corrected chi connectivity index (χ2v) is 4.47. The van der Waals surface area contributed by atoms with Crippen LogP contribution in [0.4, 0.5) is 0 Å². The highest BCUT2D eigenvalue weighted by atomic mass is 16.5. The van der Waals surface area contributed by atoms with Crippen LogP contribution in [0.3, 0.4) is 0 Å². The first-order valence-corrected chi connectivity index (χ1v) is 6.75. The normalized spacial score (nSPS) is 10.3. The molecule has 5 nitrogen and oxygen atoms in total. The van der Waals surface area contributed by atoms with Gasteiger partial charge in [-0.2, -0.15) is 5.26 Å². The van der Waals surface area contributed by atoms with Crippen LogP contribution in [0.2, 0.25) is 0 Å². The maximum atomic E-state index is 12.3. The average Bonchev–Trinajstić information content (AvgIpc) is 2.53. The summed E-state index contributed by atoms with van der Waals surface area (Å²) in [7, 11) is 0. The van der Waals surface area contributed by atoms with Gasteiger partial charge in [-0.3, -0.25) is 4.79 Å². The number of hydrogen-bond donors (Lipinski definition) is 1. The molecule has 0 fully saturated rings. The largest absolute Gasteiger partial charge is 0.378 e. The van der Waals surface area contributed by atoms with E-state index in [1.165, 1.54) is 0 Å². The summed E-state index contributed by atoms with van der Waals surface area (Å²) in [5, 5.41) is 9.00.